The number of aromatic nitrogens is 2. The van der Waals surface area contributed by atoms with Gasteiger partial charge in [0.1, 0.15) is 23.3 Å². The van der Waals surface area contributed by atoms with Crippen molar-refractivity contribution in [3.05, 3.63) is 51.4 Å². The summed E-state index contributed by atoms with van der Waals surface area (Å²) >= 11 is 2.18. The summed E-state index contributed by atoms with van der Waals surface area (Å²) in [5.41, 5.74) is -0.600. The van der Waals surface area contributed by atoms with Gasteiger partial charge in [-0.05, 0) is 68.0 Å². The Labute approximate surface area is 217 Å². The van der Waals surface area contributed by atoms with Crippen molar-refractivity contribution < 1.29 is 23.0 Å². The molecule has 3 heterocycles. The van der Waals surface area contributed by atoms with Crippen LogP contribution in [0.1, 0.15) is 38.9 Å². The fourth-order valence-electron chi connectivity index (χ4n) is 4.46. The highest BCUT2D eigenvalue weighted by Crippen LogP contribution is 2.33. The Hall–Kier alpha value is -2.12. The van der Waals surface area contributed by atoms with Crippen LogP contribution in [-0.2, 0) is 9.47 Å². The first-order valence-corrected chi connectivity index (χ1v) is 12.7. The third-order valence-corrected chi connectivity index (χ3v) is 6.60. The highest BCUT2D eigenvalue weighted by Gasteiger charge is 2.39. The van der Waals surface area contributed by atoms with Gasteiger partial charge in [-0.1, -0.05) is 0 Å². The van der Waals surface area contributed by atoms with Gasteiger partial charge in [-0.2, -0.15) is 0 Å². The lowest BCUT2D eigenvalue weighted by Crippen LogP contribution is -2.57. The van der Waals surface area contributed by atoms with Gasteiger partial charge in [0, 0.05) is 53.7 Å². The van der Waals surface area contributed by atoms with E-state index in [1.165, 1.54) is 0 Å². The normalized spacial score (nSPS) is 23.7. The molecule has 0 unspecified atom stereocenters. The monoisotopic (exact) mass is 601 g/mol. The first kappa shape index (κ1) is 26.0. The van der Waals surface area contributed by atoms with Crippen LogP contribution in [0.5, 0.6) is 0 Å². The Balaban J connectivity index is 1.45. The van der Waals surface area contributed by atoms with Gasteiger partial charge in [0.15, 0.2) is 0 Å². The van der Waals surface area contributed by atoms with E-state index in [-0.39, 0.29) is 11.6 Å². The van der Waals surface area contributed by atoms with Crippen molar-refractivity contribution in [2.75, 3.05) is 37.7 Å². The van der Waals surface area contributed by atoms with Crippen molar-refractivity contribution >= 4 is 34.6 Å². The molecule has 0 bridgehead atoms. The molecule has 0 aliphatic carbocycles. The Morgan fingerprint density at radius 3 is 2.51 bits per heavy atom. The fraction of sp³-hybridized carbons (Fsp3) is 0.542. The second kappa shape index (κ2) is 10.9. The topological polar surface area (TPSA) is 79.8 Å². The number of carbonyl (C=O) groups excluding carboxylic acids is 1. The molecular weight excluding hydrogens is 571 g/mol. The molecule has 3 atom stereocenters. The molecule has 0 spiro atoms. The molecule has 2 aliphatic heterocycles. The molecule has 190 valence electrons. The van der Waals surface area contributed by atoms with Crippen LogP contribution >= 0.6 is 22.6 Å². The maximum absolute atomic E-state index is 14.6. The molecule has 4 rings (SSSR count). The zero-order valence-electron chi connectivity index (χ0n) is 20.0. The van der Waals surface area contributed by atoms with Crippen molar-refractivity contribution in [1.82, 2.24) is 20.2 Å². The van der Waals surface area contributed by atoms with Gasteiger partial charge in [0.25, 0.3) is 0 Å². The van der Waals surface area contributed by atoms with Crippen LogP contribution in [0.15, 0.2) is 30.6 Å². The lowest BCUT2D eigenvalue weighted by atomic mass is 9.92. The number of benzene rings is 1. The second-order valence-corrected chi connectivity index (χ2v) is 11.0. The molecule has 2 aliphatic rings. The lowest BCUT2D eigenvalue weighted by molar-refractivity contribution is -0.0622. The number of hydrogen-bond acceptors (Lipinski definition) is 7. The van der Waals surface area contributed by atoms with Gasteiger partial charge < -0.3 is 19.7 Å². The number of nitrogens with one attached hydrogen (secondary N) is 1. The van der Waals surface area contributed by atoms with Gasteiger partial charge >= 0.3 is 6.09 Å². The largest absolute Gasteiger partial charge is 0.444 e. The molecule has 2 aromatic rings. The minimum Gasteiger partial charge on any atom is -0.444 e. The molecule has 1 N–H and O–H groups in total. The number of carbonyl (C=O) groups is 1. The first-order valence-electron chi connectivity index (χ1n) is 11.6. The summed E-state index contributed by atoms with van der Waals surface area (Å²) in [7, 11) is 0. The number of piperazine rings is 1. The van der Waals surface area contributed by atoms with Crippen LogP contribution in [0.3, 0.4) is 0 Å². The third kappa shape index (κ3) is 6.76. The van der Waals surface area contributed by atoms with Crippen molar-refractivity contribution in [2.45, 2.75) is 51.0 Å². The molecule has 2 saturated heterocycles. The molecular formula is C24H30F2IN5O3. The molecule has 1 aromatic heterocycles. The molecule has 11 heteroatoms. The summed E-state index contributed by atoms with van der Waals surface area (Å²) < 4.78 is 41.0. The van der Waals surface area contributed by atoms with E-state index >= 15 is 0 Å². The number of alkyl carbamates (subject to hydrolysis) is 1. The van der Waals surface area contributed by atoms with Gasteiger partial charge in [-0.3, -0.25) is 4.90 Å². The highest BCUT2D eigenvalue weighted by molar-refractivity contribution is 14.1. The second-order valence-electron chi connectivity index (χ2n) is 9.79. The van der Waals surface area contributed by atoms with E-state index in [4.69, 9.17) is 9.47 Å². The smallest absolute Gasteiger partial charge is 0.407 e. The Kier molecular flexibility index (Phi) is 8.06. The maximum Gasteiger partial charge on any atom is 0.407 e. The highest BCUT2D eigenvalue weighted by atomic mass is 127. The molecule has 2 fully saturated rings. The van der Waals surface area contributed by atoms with E-state index in [0.717, 1.165) is 47.9 Å². The summed E-state index contributed by atoms with van der Waals surface area (Å²) in [6.45, 7) is 8.69. The molecule has 1 amide bonds. The van der Waals surface area contributed by atoms with E-state index in [9.17, 15) is 13.6 Å². The Morgan fingerprint density at radius 1 is 1.17 bits per heavy atom. The van der Waals surface area contributed by atoms with Crippen LogP contribution in [0, 0.1) is 15.2 Å². The van der Waals surface area contributed by atoms with Gasteiger partial charge in [-0.25, -0.2) is 23.5 Å². The minimum absolute atomic E-state index is 0.00240. The SMILES string of the molecule is CC(C)(C)OC(=O)N[C@H]1C[C@@H](N2CCN(c3ncc(I)cn3)CC2)CO[C@@H]1c1cc(F)ccc1F. The number of ether oxygens (including phenoxy) is 2. The summed E-state index contributed by atoms with van der Waals surface area (Å²) in [4.78, 5) is 25.8. The molecule has 0 saturated carbocycles. The number of halogens is 3. The average Bonchev–Trinajstić information content (AvgIpc) is 2.80. The fourth-order valence-corrected chi connectivity index (χ4v) is 4.74. The van der Waals surface area contributed by atoms with E-state index in [0.29, 0.717) is 19.0 Å². The number of nitrogens with zero attached hydrogens (tertiary/aromatic N) is 4. The predicted molar refractivity (Wildman–Crippen MR) is 135 cm³/mol. The van der Waals surface area contributed by atoms with Gasteiger partial charge in [0.2, 0.25) is 5.95 Å². The molecule has 1 aromatic carbocycles. The van der Waals surface area contributed by atoms with Crippen molar-refractivity contribution in [3.63, 3.8) is 0 Å². The maximum atomic E-state index is 14.6. The van der Waals surface area contributed by atoms with Crippen molar-refractivity contribution in [1.29, 1.82) is 0 Å². The zero-order valence-corrected chi connectivity index (χ0v) is 22.2. The van der Waals surface area contributed by atoms with Crippen LogP contribution in [0.4, 0.5) is 19.5 Å². The summed E-state index contributed by atoms with van der Waals surface area (Å²) in [5, 5.41) is 2.85. The first-order chi connectivity index (χ1) is 16.6. The molecule has 0 radical (unpaired) electrons. The van der Waals surface area contributed by atoms with E-state index in [1.54, 1.807) is 33.2 Å². The summed E-state index contributed by atoms with van der Waals surface area (Å²) in [6.07, 6.45) is 2.66. The Morgan fingerprint density at radius 2 is 1.86 bits per heavy atom. The zero-order chi connectivity index (χ0) is 25.2. The van der Waals surface area contributed by atoms with Crippen molar-refractivity contribution in [3.8, 4) is 0 Å². The van der Waals surface area contributed by atoms with Gasteiger partial charge in [-0.15, -0.1) is 0 Å². The average molecular weight is 601 g/mol. The quantitative estimate of drug-likeness (QED) is 0.533. The summed E-state index contributed by atoms with van der Waals surface area (Å²) in [6, 6.07) is 2.69. The number of rotatable bonds is 4. The number of anilines is 1. The van der Waals surface area contributed by atoms with Crippen LogP contribution < -0.4 is 10.2 Å². The standard InChI is InChI=1S/C24H30F2IN5O3/c1-24(2,3)35-23(33)30-20-11-17(14-34-21(20)18-10-15(25)4-5-19(18)26)31-6-8-32(9-7-31)22-28-12-16(27)13-29-22/h4-5,10,12-13,17,20-21H,6-9,11,14H2,1-3H3,(H,30,33)/t17-,20+,21-/m1/s1. The minimum atomic E-state index is -0.823. The number of hydrogen-bond donors (Lipinski definition) is 1. The molecule has 8 nitrogen and oxygen atoms in total. The third-order valence-electron chi connectivity index (χ3n) is 6.05. The molecule has 35 heavy (non-hydrogen) atoms. The van der Waals surface area contributed by atoms with E-state index < -0.39 is 35.5 Å². The van der Waals surface area contributed by atoms with Crippen LogP contribution in [-0.4, -0.2) is 71.4 Å². The van der Waals surface area contributed by atoms with E-state index in [2.05, 4.69) is 47.7 Å². The van der Waals surface area contributed by atoms with Gasteiger partial charge in [0.05, 0.1) is 12.6 Å². The van der Waals surface area contributed by atoms with Crippen LogP contribution in [0.25, 0.3) is 0 Å². The van der Waals surface area contributed by atoms with E-state index in [1.807, 2.05) is 0 Å². The summed E-state index contributed by atoms with van der Waals surface area (Å²) in [5.74, 6) is -0.426. The van der Waals surface area contributed by atoms with Crippen LogP contribution in [0.2, 0.25) is 0 Å². The predicted octanol–water partition coefficient (Wildman–Crippen LogP) is 3.90. The number of amides is 1. The lowest BCUT2D eigenvalue weighted by Gasteiger charge is -2.44. The Bertz CT molecular complexity index is 1030. The van der Waals surface area contributed by atoms with Crippen molar-refractivity contribution in [2.24, 2.45) is 0 Å².